The molecule has 1 fully saturated rings. The molecule has 1 aliphatic rings. The first-order valence-corrected chi connectivity index (χ1v) is 6.50. The maximum atomic E-state index is 13.0. The van der Waals surface area contributed by atoms with Gasteiger partial charge in [-0.2, -0.15) is 0 Å². The van der Waals surface area contributed by atoms with E-state index in [0.717, 1.165) is 38.2 Å². The van der Waals surface area contributed by atoms with Gasteiger partial charge in [-0.1, -0.05) is 12.1 Å². The summed E-state index contributed by atoms with van der Waals surface area (Å²) in [4.78, 5) is 14.1. The van der Waals surface area contributed by atoms with Crippen LogP contribution in [-0.4, -0.2) is 44.2 Å². The summed E-state index contributed by atoms with van der Waals surface area (Å²) in [6, 6.07) is 5.60. The van der Waals surface area contributed by atoms with Gasteiger partial charge in [-0.15, -0.1) is 0 Å². The molecule has 4 nitrogen and oxygen atoms in total. The summed E-state index contributed by atoms with van der Waals surface area (Å²) < 4.78 is 17.9. The zero-order valence-electron chi connectivity index (χ0n) is 11.1. The van der Waals surface area contributed by atoms with Gasteiger partial charge in [-0.05, 0) is 30.7 Å². The number of methoxy groups -OCH3 is 1. The van der Waals surface area contributed by atoms with Crippen LogP contribution in [-0.2, 0) is 9.53 Å². The van der Waals surface area contributed by atoms with Crippen LogP contribution in [0.25, 0.3) is 0 Å². The topological polar surface area (TPSA) is 41.6 Å². The fourth-order valence-electron chi connectivity index (χ4n) is 2.38. The first-order chi connectivity index (χ1) is 9.22. The standard InChI is InChI=1S/C14H19FN2O2/c1-19-14(18)13(11-3-5-12(15)6-4-11)17-9-2-7-16-8-10-17/h3-6,13,16H,2,7-10H2,1H3. The number of nitrogens with zero attached hydrogens (tertiary/aromatic N) is 1. The lowest BCUT2D eigenvalue weighted by molar-refractivity contribution is -0.147. The van der Waals surface area contributed by atoms with Crippen molar-refractivity contribution in [2.24, 2.45) is 0 Å². The van der Waals surface area contributed by atoms with E-state index in [-0.39, 0.29) is 11.8 Å². The highest BCUT2D eigenvalue weighted by atomic mass is 19.1. The van der Waals surface area contributed by atoms with Crippen LogP contribution in [0.5, 0.6) is 0 Å². The highest BCUT2D eigenvalue weighted by Gasteiger charge is 2.28. The molecule has 0 saturated carbocycles. The highest BCUT2D eigenvalue weighted by Crippen LogP contribution is 2.23. The Balaban J connectivity index is 2.24. The van der Waals surface area contributed by atoms with Crippen LogP contribution in [0.1, 0.15) is 18.0 Å². The van der Waals surface area contributed by atoms with E-state index >= 15 is 0 Å². The molecular formula is C14H19FN2O2. The molecular weight excluding hydrogens is 247 g/mol. The zero-order chi connectivity index (χ0) is 13.7. The van der Waals surface area contributed by atoms with Crippen molar-refractivity contribution in [2.45, 2.75) is 12.5 Å². The number of esters is 1. The van der Waals surface area contributed by atoms with Crippen LogP contribution in [0.4, 0.5) is 4.39 Å². The molecule has 1 atom stereocenters. The predicted molar refractivity (Wildman–Crippen MR) is 70.2 cm³/mol. The average molecular weight is 266 g/mol. The molecule has 1 unspecified atom stereocenters. The van der Waals surface area contributed by atoms with Crippen LogP contribution >= 0.6 is 0 Å². The Labute approximate surface area is 112 Å². The number of ether oxygens (including phenoxy) is 1. The quantitative estimate of drug-likeness (QED) is 0.838. The number of benzene rings is 1. The Morgan fingerprint density at radius 3 is 2.74 bits per heavy atom. The van der Waals surface area contributed by atoms with Crippen molar-refractivity contribution >= 4 is 5.97 Å². The second-order valence-electron chi connectivity index (χ2n) is 4.62. The number of hydrogen-bond acceptors (Lipinski definition) is 4. The summed E-state index contributed by atoms with van der Waals surface area (Å²) in [6.45, 7) is 3.39. The number of nitrogens with one attached hydrogen (secondary N) is 1. The summed E-state index contributed by atoms with van der Waals surface area (Å²) in [6.07, 6.45) is 0.981. The maximum Gasteiger partial charge on any atom is 0.327 e. The number of carbonyl (C=O) groups excluding carboxylic acids is 1. The minimum Gasteiger partial charge on any atom is -0.468 e. The predicted octanol–water partition coefficient (Wildman–Crippen LogP) is 1.34. The van der Waals surface area contributed by atoms with E-state index in [1.807, 2.05) is 0 Å². The molecule has 0 aromatic heterocycles. The van der Waals surface area contributed by atoms with Gasteiger partial charge >= 0.3 is 5.97 Å². The lowest BCUT2D eigenvalue weighted by Gasteiger charge is -2.28. The normalized spacial score (nSPS) is 18.6. The number of rotatable bonds is 3. The molecule has 1 aliphatic heterocycles. The highest BCUT2D eigenvalue weighted by molar-refractivity contribution is 5.77. The van der Waals surface area contributed by atoms with Gasteiger partial charge in [0.15, 0.2) is 0 Å². The van der Waals surface area contributed by atoms with Crippen LogP contribution < -0.4 is 5.32 Å². The molecule has 5 heteroatoms. The minimum absolute atomic E-state index is 0.298. The molecule has 0 spiro atoms. The van der Waals surface area contributed by atoms with Crippen molar-refractivity contribution in [3.8, 4) is 0 Å². The number of halogens is 1. The van der Waals surface area contributed by atoms with Gasteiger partial charge in [0, 0.05) is 19.6 Å². The van der Waals surface area contributed by atoms with Gasteiger partial charge in [0.1, 0.15) is 11.9 Å². The van der Waals surface area contributed by atoms with Crippen LogP contribution in [0.15, 0.2) is 24.3 Å². The van der Waals surface area contributed by atoms with E-state index in [9.17, 15) is 9.18 Å². The Morgan fingerprint density at radius 1 is 1.32 bits per heavy atom. The van der Waals surface area contributed by atoms with Crippen molar-refractivity contribution in [3.63, 3.8) is 0 Å². The molecule has 19 heavy (non-hydrogen) atoms. The monoisotopic (exact) mass is 266 g/mol. The molecule has 0 bridgehead atoms. The molecule has 1 aromatic carbocycles. The fraction of sp³-hybridized carbons (Fsp3) is 0.500. The molecule has 1 aromatic rings. The summed E-state index contributed by atoms with van der Waals surface area (Å²) in [5.41, 5.74) is 0.773. The second-order valence-corrected chi connectivity index (χ2v) is 4.62. The minimum atomic E-state index is -0.453. The Morgan fingerprint density at radius 2 is 2.05 bits per heavy atom. The summed E-state index contributed by atoms with van der Waals surface area (Å²) in [7, 11) is 1.38. The van der Waals surface area contributed by atoms with Crippen molar-refractivity contribution in [3.05, 3.63) is 35.6 Å². The van der Waals surface area contributed by atoms with Crippen molar-refractivity contribution in [1.82, 2.24) is 10.2 Å². The van der Waals surface area contributed by atoms with E-state index < -0.39 is 6.04 Å². The lowest BCUT2D eigenvalue weighted by atomic mass is 10.0. The Hall–Kier alpha value is -1.46. The zero-order valence-corrected chi connectivity index (χ0v) is 11.1. The second kappa shape index (κ2) is 6.63. The van der Waals surface area contributed by atoms with Gasteiger partial charge < -0.3 is 10.1 Å². The van der Waals surface area contributed by atoms with Gasteiger partial charge in [0.05, 0.1) is 7.11 Å². The number of hydrogen-bond donors (Lipinski definition) is 1. The van der Waals surface area contributed by atoms with Gasteiger partial charge in [0.2, 0.25) is 0 Å². The largest absolute Gasteiger partial charge is 0.468 e. The SMILES string of the molecule is COC(=O)C(c1ccc(F)cc1)N1CCCNCC1. The van der Waals surface area contributed by atoms with E-state index in [1.54, 1.807) is 12.1 Å². The van der Waals surface area contributed by atoms with Gasteiger partial charge in [-0.25, -0.2) is 9.18 Å². The Bertz CT molecular complexity index is 414. The summed E-state index contributed by atoms with van der Waals surface area (Å²) >= 11 is 0. The Kier molecular flexibility index (Phi) is 4.87. The van der Waals surface area contributed by atoms with Gasteiger partial charge in [-0.3, -0.25) is 4.90 Å². The third kappa shape index (κ3) is 3.52. The fourth-order valence-corrected chi connectivity index (χ4v) is 2.38. The van der Waals surface area contributed by atoms with E-state index in [4.69, 9.17) is 4.74 Å². The molecule has 1 heterocycles. The molecule has 0 amide bonds. The lowest BCUT2D eigenvalue weighted by Crippen LogP contribution is -2.37. The van der Waals surface area contributed by atoms with E-state index in [2.05, 4.69) is 10.2 Å². The third-order valence-electron chi connectivity index (χ3n) is 3.35. The molecule has 1 saturated heterocycles. The smallest absolute Gasteiger partial charge is 0.327 e. The van der Waals surface area contributed by atoms with Crippen molar-refractivity contribution < 1.29 is 13.9 Å². The van der Waals surface area contributed by atoms with Crippen LogP contribution in [0, 0.1) is 5.82 Å². The van der Waals surface area contributed by atoms with Crippen molar-refractivity contribution in [1.29, 1.82) is 0 Å². The molecule has 104 valence electrons. The van der Waals surface area contributed by atoms with E-state index in [0.29, 0.717) is 0 Å². The van der Waals surface area contributed by atoms with E-state index in [1.165, 1.54) is 19.2 Å². The summed E-state index contributed by atoms with van der Waals surface area (Å²) in [5, 5.41) is 3.30. The van der Waals surface area contributed by atoms with Crippen LogP contribution in [0.2, 0.25) is 0 Å². The molecule has 0 aliphatic carbocycles. The van der Waals surface area contributed by atoms with Gasteiger partial charge in [0.25, 0.3) is 0 Å². The average Bonchev–Trinajstić information content (AvgIpc) is 2.70. The third-order valence-corrected chi connectivity index (χ3v) is 3.35. The molecule has 1 N–H and O–H groups in total. The maximum absolute atomic E-state index is 13.0. The molecule has 0 radical (unpaired) electrons. The van der Waals surface area contributed by atoms with Crippen molar-refractivity contribution in [2.75, 3.05) is 33.3 Å². The van der Waals surface area contributed by atoms with Crippen LogP contribution in [0.3, 0.4) is 0 Å². The first kappa shape index (κ1) is 14.0. The summed E-state index contributed by atoms with van der Waals surface area (Å²) in [5.74, 6) is -0.599. The first-order valence-electron chi connectivity index (χ1n) is 6.50. The molecule has 2 rings (SSSR count). The number of carbonyl (C=O) groups is 1.